The Hall–Kier alpha value is -2.89. The predicted octanol–water partition coefficient (Wildman–Crippen LogP) is 3.02. The molecule has 0 spiro atoms. The van der Waals surface area contributed by atoms with Crippen LogP contribution in [0.5, 0.6) is 5.75 Å². The maximum absolute atomic E-state index is 11.8. The van der Waals surface area contributed by atoms with Gasteiger partial charge in [-0.1, -0.05) is 13.3 Å². The van der Waals surface area contributed by atoms with Crippen LogP contribution in [0.4, 0.5) is 0 Å². The molecule has 0 amide bonds. The van der Waals surface area contributed by atoms with Crippen molar-refractivity contribution in [2.45, 2.75) is 40.2 Å². The SMILES string of the molecule is CCCc1cc(=O)oc2cc(C)cc(OCc3cc(=O)[nH]c(C)n3)c12. The van der Waals surface area contributed by atoms with Crippen LogP contribution >= 0.6 is 0 Å². The summed E-state index contributed by atoms with van der Waals surface area (Å²) in [7, 11) is 0. The number of aryl methyl sites for hydroxylation is 3. The van der Waals surface area contributed by atoms with E-state index in [1.54, 1.807) is 6.92 Å². The highest BCUT2D eigenvalue weighted by Gasteiger charge is 2.13. The zero-order chi connectivity index (χ0) is 18.0. The third kappa shape index (κ3) is 3.79. The first-order valence-electron chi connectivity index (χ1n) is 8.23. The van der Waals surface area contributed by atoms with Gasteiger partial charge in [-0.05, 0) is 43.5 Å². The molecule has 25 heavy (non-hydrogen) atoms. The first-order chi connectivity index (χ1) is 12.0. The van der Waals surface area contributed by atoms with Crippen molar-refractivity contribution in [3.05, 3.63) is 67.7 Å². The van der Waals surface area contributed by atoms with Crippen LogP contribution in [0.15, 0.2) is 38.3 Å². The van der Waals surface area contributed by atoms with E-state index in [1.165, 1.54) is 12.1 Å². The molecule has 6 heteroatoms. The molecule has 6 nitrogen and oxygen atoms in total. The molecule has 0 radical (unpaired) electrons. The van der Waals surface area contributed by atoms with Crippen molar-refractivity contribution in [2.75, 3.05) is 0 Å². The lowest BCUT2D eigenvalue weighted by Crippen LogP contribution is -2.12. The van der Waals surface area contributed by atoms with E-state index in [1.807, 2.05) is 19.1 Å². The number of hydrogen-bond acceptors (Lipinski definition) is 5. The Balaban J connectivity index is 2.05. The number of nitrogens with zero attached hydrogens (tertiary/aromatic N) is 1. The summed E-state index contributed by atoms with van der Waals surface area (Å²) in [5.41, 5.74) is 2.32. The average Bonchev–Trinajstić information content (AvgIpc) is 2.51. The van der Waals surface area contributed by atoms with Gasteiger partial charge < -0.3 is 14.1 Å². The maximum atomic E-state index is 11.8. The molecule has 1 aromatic carbocycles. The monoisotopic (exact) mass is 340 g/mol. The van der Waals surface area contributed by atoms with E-state index in [0.717, 1.165) is 29.4 Å². The van der Waals surface area contributed by atoms with E-state index in [2.05, 4.69) is 16.9 Å². The Morgan fingerprint density at radius 1 is 1.16 bits per heavy atom. The first-order valence-corrected chi connectivity index (χ1v) is 8.23. The Morgan fingerprint density at radius 3 is 2.68 bits per heavy atom. The Kier molecular flexibility index (Phi) is 4.70. The molecule has 0 aliphatic rings. The number of fused-ring (bicyclic) bond motifs is 1. The van der Waals surface area contributed by atoms with Crippen LogP contribution in [0.3, 0.4) is 0 Å². The van der Waals surface area contributed by atoms with E-state index >= 15 is 0 Å². The molecular weight excluding hydrogens is 320 g/mol. The Labute approximate surface area is 144 Å². The van der Waals surface area contributed by atoms with Gasteiger partial charge in [0.1, 0.15) is 23.8 Å². The number of benzene rings is 1. The van der Waals surface area contributed by atoms with E-state index in [-0.39, 0.29) is 17.8 Å². The van der Waals surface area contributed by atoms with Crippen molar-refractivity contribution in [3.8, 4) is 5.75 Å². The van der Waals surface area contributed by atoms with E-state index in [9.17, 15) is 9.59 Å². The summed E-state index contributed by atoms with van der Waals surface area (Å²) in [4.78, 5) is 30.2. The lowest BCUT2D eigenvalue weighted by atomic mass is 10.0. The molecule has 0 bridgehead atoms. The molecule has 2 heterocycles. The van der Waals surface area contributed by atoms with Gasteiger partial charge >= 0.3 is 5.63 Å². The van der Waals surface area contributed by atoms with Gasteiger partial charge in [-0.2, -0.15) is 0 Å². The van der Waals surface area contributed by atoms with E-state index in [4.69, 9.17) is 9.15 Å². The second kappa shape index (κ2) is 6.93. The van der Waals surface area contributed by atoms with Crippen LogP contribution in [-0.4, -0.2) is 9.97 Å². The number of nitrogens with one attached hydrogen (secondary N) is 1. The zero-order valence-electron chi connectivity index (χ0n) is 14.5. The van der Waals surface area contributed by atoms with Gasteiger partial charge in [0.15, 0.2) is 0 Å². The number of H-pyrrole nitrogens is 1. The smallest absolute Gasteiger partial charge is 0.336 e. The fraction of sp³-hybridized carbons (Fsp3) is 0.316. The highest BCUT2D eigenvalue weighted by molar-refractivity contribution is 5.87. The molecule has 3 aromatic rings. The van der Waals surface area contributed by atoms with Crippen molar-refractivity contribution < 1.29 is 9.15 Å². The summed E-state index contributed by atoms with van der Waals surface area (Å²) in [6.07, 6.45) is 1.66. The fourth-order valence-electron chi connectivity index (χ4n) is 2.92. The lowest BCUT2D eigenvalue weighted by molar-refractivity contribution is 0.303. The summed E-state index contributed by atoms with van der Waals surface area (Å²) < 4.78 is 11.3. The molecule has 0 saturated carbocycles. The van der Waals surface area contributed by atoms with Crippen molar-refractivity contribution in [1.82, 2.24) is 9.97 Å². The molecule has 1 N–H and O–H groups in total. The minimum atomic E-state index is -0.362. The van der Waals surface area contributed by atoms with Gasteiger partial charge in [0.05, 0.1) is 11.1 Å². The minimum absolute atomic E-state index is 0.161. The van der Waals surface area contributed by atoms with Crippen molar-refractivity contribution in [1.29, 1.82) is 0 Å². The number of aromatic amines is 1. The highest BCUT2D eigenvalue weighted by atomic mass is 16.5. The maximum Gasteiger partial charge on any atom is 0.336 e. The highest BCUT2D eigenvalue weighted by Crippen LogP contribution is 2.31. The third-order valence-corrected chi connectivity index (χ3v) is 3.84. The second-order valence-corrected chi connectivity index (χ2v) is 6.09. The summed E-state index contributed by atoms with van der Waals surface area (Å²) in [6, 6.07) is 6.67. The molecule has 130 valence electrons. The van der Waals surface area contributed by atoms with Crippen LogP contribution in [0, 0.1) is 13.8 Å². The van der Waals surface area contributed by atoms with Crippen molar-refractivity contribution >= 4 is 11.0 Å². The lowest BCUT2D eigenvalue weighted by Gasteiger charge is -2.13. The molecule has 0 atom stereocenters. The minimum Gasteiger partial charge on any atom is -0.487 e. The van der Waals surface area contributed by atoms with Gasteiger partial charge in [-0.15, -0.1) is 0 Å². The van der Waals surface area contributed by atoms with Gasteiger partial charge in [-0.3, -0.25) is 4.79 Å². The number of ether oxygens (including phenoxy) is 1. The van der Waals surface area contributed by atoms with Gasteiger partial charge in [0, 0.05) is 12.1 Å². The molecule has 0 aliphatic carbocycles. The molecule has 0 unspecified atom stereocenters. The predicted molar refractivity (Wildman–Crippen MR) is 95.1 cm³/mol. The van der Waals surface area contributed by atoms with Gasteiger partial charge in [0.2, 0.25) is 0 Å². The van der Waals surface area contributed by atoms with Gasteiger partial charge in [-0.25, -0.2) is 9.78 Å². The van der Waals surface area contributed by atoms with Crippen molar-refractivity contribution in [2.24, 2.45) is 0 Å². The molecule has 0 saturated heterocycles. The van der Waals surface area contributed by atoms with Crippen LogP contribution in [-0.2, 0) is 13.0 Å². The zero-order valence-corrected chi connectivity index (χ0v) is 14.5. The first kappa shape index (κ1) is 17.0. The number of rotatable bonds is 5. The summed E-state index contributed by atoms with van der Waals surface area (Å²) in [5, 5.41) is 0.800. The quantitative estimate of drug-likeness (QED) is 0.722. The summed E-state index contributed by atoms with van der Waals surface area (Å²) in [6.45, 7) is 5.85. The molecule has 0 aliphatic heterocycles. The normalized spacial score (nSPS) is 11.0. The summed E-state index contributed by atoms with van der Waals surface area (Å²) >= 11 is 0. The second-order valence-electron chi connectivity index (χ2n) is 6.09. The van der Waals surface area contributed by atoms with E-state index < -0.39 is 0 Å². The van der Waals surface area contributed by atoms with Crippen LogP contribution in [0.25, 0.3) is 11.0 Å². The van der Waals surface area contributed by atoms with Crippen LogP contribution in [0.2, 0.25) is 0 Å². The average molecular weight is 340 g/mol. The molecule has 0 fully saturated rings. The van der Waals surface area contributed by atoms with Crippen LogP contribution in [0.1, 0.15) is 36.0 Å². The fourth-order valence-corrected chi connectivity index (χ4v) is 2.92. The molecular formula is C19H20N2O4. The third-order valence-electron chi connectivity index (χ3n) is 3.84. The van der Waals surface area contributed by atoms with Crippen LogP contribution < -0.4 is 15.9 Å². The Morgan fingerprint density at radius 2 is 1.96 bits per heavy atom. The van der Waals surface area contributed by atoms with Gasteiger partial charge in [0.25, 0.3) is 5.56 Å². The van der Waals surface area contributed by atoms with Crippen molar-refractivity contribution in [3.63, 3.8) is 0 Å². The Bertz CT molecular complexity index is 1030. The number of hydrogen-bond donors (Lipinski definition) is 1. The molecule has 3 rings (SSSR count). The van der Waals surface area contributed by atoms with E-state index in [0.29, 0.717) is 22.9 Å². The topological polar surface area (TPSA) is 85.2 Å². The standard InChI is InChI=1S/C19H20N2O4/c1-4-5-13-8-18(23)25-16-7-11(2)6-15(19(13)16)24-10-14-9-17(22)21-12(3)20-14/h6-9H,4-5,10H2,1-3H3,(H,20,21,22). The summed E-state index contributed by atoms with van der Waals surface area (Å²) in [5.74, 6) is 1.17. The number of aromatic nitrogens is 2. The largest absolute Gasteiger partial charge is 0.487 e. The molecule has 2 aromatic heterocycles.